The van der Waals surface area contributed by atoms with E-state index >= 15 is 0 Å². The highest BCUT2D eigenvalue weighted by atomic mass is 32.2. The molecule has 1 unspecified atom stereocenters. The smallest absolute Gasteiger partial charge is 0.416 e. The van der Waals surface area contributed by atoms with Gasteiger partial charge in [-0.15, -0.1) is 0 Å². The van der Waals surface area contributed by atoms with Gasteiger partial charge in [-0.3, -0.25) is 4.79 Å². The summed E-state index contributed by atoms with van der Waals surface area (Å²) < 4.78 is 116. The summed E-state index contributed by atoms with van der Waals surface area (Å²) in [5.74, 6) is -1.44. The molecule has 198 valence electrons. The summed E-state index contributed by atoms with van der Waals surface area (Å²) in [4.78, 5) is 12.6. The highest BCUT2D eigenvalue weighted by Gasteiger charge is 2.38. The summed E-state index contributed by atoms with van der Waals surface area (Å²) in [6, 6.07) is 4.68. The van der Waals surface area contributed by atoms with Crippen LogP contribution in [0, 0.1) is 5.92 Å². The van der Waals surface area contributed by atoms with E-state index in [0.717, 1.165) is 4.31 Å². The summed E-state index contributed by atoms with van der Waals surface area (Å²) in [6.45, 7) is -0.240. The molecule has 0 aliphatic carbocycles. The average Bonchev–Trinajstić information content (AvgIpc) is 2.82. The van der Waals surface area contributed by atoms with Gasteiger partial charge in [-0.25, -0.2) is 8.42 Å². The first-order valence-corrected chi connectivity index (χ1v) is 11.9. The van der Waals surface area contributed by atoms with Crippen molar-refractivity contribution in [2.45, 2.75) is 30.1 Å². The van der Waals surface area contributed by atoms with E-state index in [0.29, 0.717) is 17.9 Å². The van der Waals surface area contributed by atoms with Crippen LogP contribution in [0.5, 0.6) is 11.5 Å². The lowest BCUT2D eigenvalue weighted by Gasteiger charge is -2.31. The lowest BCUT2D eigenvalue weighted by Crippen LogP contribution is -2.43. The van der Waals surface area contributed by atoms with Crippen molar-refractivity contribution in [1.82, 2.24) is 4.31 Å². The normalized spacial score (nSPS) is 17.5. The Labute approximate surface area is 203 Å². The monoisotopic (exact) mass is 540 g/mol. The second kappa shape index (κ2) is 10.2. The van der Waals surface area contributed by atoms with Crippen LogP contribution in [0.15, 0.2) is 41.3 Å². The van der Waals surface area contributed by atoms with Crippen LogP contribution < -0.4 is 14.8 Å². The molecule has 1 fully saturated rings. The van der Waals surface area contributed by atoms with Gasteiger partial charge in [0.2, 0.25) is 15.9 Å². The molecule has 1 aliphatic heterocycles. The molecule has 1 heterocycles. The number of amides is 1. The molecule has 0 radical (unpaired) electrons. The van der Waals surface area contributed by atoms with Crippen LogP contribution in [0.1, 0.15) is 24.0 Å². The van der Waals surface area contributed by atoms with Crippen molar-refractivity contribution in [3.05, 3.63) is 47.5 Å². The number of nitrogens with zero attached hydrogens (tertiary/aromatic N) is 1. The zero-order valence-electron chi connectivity index (χ0n) is 19.0. The van der Waals surface area contributed by atoms with Crippen molar-refractivity contribution < 1.29 is 49.0 Å². The molecule has 14 heteroatoms. The predicted molar refractivity (Wildman–Crippen MR) is 116 cm³/mol. The fourth-order valence-electron chi connectivity index (χ4n) is 3.77. The lowest BCUT2D eigenvalue weighted by molar-refractivity contribution is -0.143. The van der Waals surface area contributed by atoms with Gasteiger partial charge >= 0.3 is 12.4 Å². The Morgan fingerprint density at radius 3 is 2.06 bits per heavy atom. The molecule has 0 bridgehead atoms. The van der Waals surface area contributed by atoms with Gasteiger partial charge in [0.15, 0.2) is 11.5 Å². The third-order valence-electron chi connectivity index (χ3n) is 5.60. The number of carbonyl (C=O) groups is 1. The Balaban J connectivity index is 1.83. The number of hydrogen-bond donors (Lipinski definition) is 1. The van der Waals surface area contributed by atoms with E-state index < -0.39 is 51.0 Å². The fourth-order valence-corrected chi connectivity index (χ4v) is 5.31. The molecule has 1 saturated heterocycles. The van der Waals surface area contributed by atoms with Crippen molar-refractivity contribution in [3.63, 3.8) is 0 Å². The molecule has 1 atom stereocenters. The molecular weight excluding hydrogens is 518 g/mol. The molecular formula is C22H22F6N2O5S. The number of methoxy groups -OCH3 is 2. The van der Waals surface area contributed by atoms with Crippen LogP contribution in [-0.4, -0.2) is 45.9 Å². The molecule has 0 spiro atoms. The summed E-state index contributed by atoms with van der Waals surface area (Å²) >= 11 is 0. The van der Waals surface area contributed by atoms with E-state index in [-0.39, 0.29) is 42.6 Å². The van der Waals surface area contributed by atoms with Gasteiger partial charge in [0.25, 0.3) is 0 Å². The maximum atomic E-state index is 13.1. The Morgan fingerprint density at radius 1 is 0.944 bits per heavy atom. The van der Waals surface area contributed by atoms with E-state index in [4.69, 9.17) is 9.47 Å². The van der Waals surface area contributed by atoms with Crippen LogP contribution in [0.3, 0.4) is 0 Å². The minimum absolute atomic E-state index is 0.0479. The number of hydrogen-bond acceptors (Lipinski definition) is 5. The minimum atomic E-state index is -5.07. The molecule has 0 saturated carbocycles. The van der Waals surface area contributed by atoms with Gasteiger partial charge in [0.1, 0.15) is 0 Å². The number of benzene rings is 2. The molecule has 0 aromatic heterocycles. The van der Waals surface area contributed by atoms with E-state index in [1.165, 1.54) is 32.4 Å². The number of halogens is 6. The molecule has 1 N–H and O–H groups in total. The zero-order valence-corrected chi connectivity index (χ0v) is 19.9. The molecule has 1 amide bonds. The molecule has 7 nitrogen and oxygen atoms in total. The van der Waals surface area contributed by atoms with Gasteiger partial charge in [0, 0.05) is 24.8 Å². The summed E-state index contributed by atoms with van der Waals surface area (Å²) in [5, 5.41) is 2.08. The van der Waals surface area contributed by atoms with Gasteiger partial charge < -0.3 is 14.8 Å². The topological polar surface area (TPSA) is 84.9 Å². The Hall–Kier alpha value is -3.00. The Bertz CT molecular complexity index is 1200. The number of carbonyl (C=O) groups excluding carboxylic acids is 1. The van der Waals surface area contributed by atoms with Crippen molar-refractivity contribution in [3.8, 4) is 11.5 Å². The van der Waals surface area contributed by atoms with E-state index in [1.807, 2.05) is 0 Å². The van der Waals surface area contributed by atoms with Crippen LogP contribution >= 0.6 is 0 Å². The number of alkyl halides is 6. The SMILES string of the molecule is COc1ccc(S(=O)(=O)N2CCCC(C(=O)Nc3cc(C(F)(F)F)cc(C(F)(F)F)c3)C2)cc1OC. The van der Waals surface area contributed by atoms with E-state index in [2.05, 4.69) is 5.32 Å². The third-order valence-corrected chi connectivity index (χ3v) is 7.46. The van der Waals surface area contributed by atoms with Gasteiger partial charge in [-0.1, -0.05) is 0 Å². The summed E-state index contributed by atoms with van der Waals surface area (Å²) in [7, 11) is -1.39. The molecule has 36 heavy (non-hydrogen) atoms. The Morgan fingerprint density at radius 2 is 1.53 bits per heavy atom. The number of ether oxygens (including phenoxy) is 2. The van der Waals surface area contributed by atoms with Crippen LogP contribution in [0.2, 0.25) is 0 Å². The summed E-state index contributed by atoms with van der Waals surface area (Å²) in [6.07, 6.45) is -9.71. The first-order chi connectivity index (χ1) is 16.7. The fraction of sp³-hybridized carbons (Fsp3) is 0.409. The average molecular weight is 540 g/mol. The quantitative estimate of drug-likeness (QED) is 0.534. The van der Waals surface area contributed by atoms with Crippen LogP contribution in [0.25, 0.3) is 0 Å². The third kappa shape index (κ3) is 6.03. The first-order valence-electron chi connectivity index (χ1n) is 10.5. The number of piperidine rings is 1. The standard InChI is InChI=1S/C22H22F6N2O5S/c1-34-18-6-5-17(11-19(18)35-2)36(32,33)30-7-3-4-13(12-30)20(31)29-16-9-14(21(23,24)25)8-15(10-16)22(26,27)28/h5-6,8-11,13H,3-4,7,12H2,1-2H3,(H,29,31). The second-order valence-corrected chi connectivity index (χ2v) is 9.94. The summed E-state index contributed by atoms with van der Waals surface area (Å²) in [5.41, 5.74) is -3.84. The molecule has 2 aromatic rings. The molecule has 3 rings (SSSR count). The van der Waals surface area contributed by atoms with E-state index in [9.17, 15) is 39.6 Å². The maximum absolute atomic E-state index is 13.1. The van der Waals surface area contributed by atoms with Gasteiger partial charge in [0.05, 0.1) is 36.2 Å². The predicted octanol–water partition coefficient (Wildman–Crippen LogP) is 4.78. The first kappa shape index (κ1) is 27.6. The highest BCUT2D eigenvalue weighted by molar-refractivity contribution is 7.89. The maximum Gasteiger partial charge on any atom is 0.416 e. The van der Waals surface area contributed by atoms with Crippen LogP contribution in [-0.2, 0) is 27.2 Å². The number of nitrogens with one attached hydrogen (secondary N) is 1. The number of anilines is 1. The minimum Gasteiger partial charge on any atom is -0.493 e. The second-order valence-electron chi connectivity index (χ2n) is 8.00. The lowest BCUT2D eigenvalue weighted by atomic mass is 9.98. The van der Waals surface area contributed by atoms with Crippen LogP contribution in [0.4, 0.5) is 32.0 Å². The molecule has 2 aromatic carbocycles. The van der Waals surface area contributed by atoms with Crippen molar-refractivity contribution in [1.29, 1.82) is 0 Å². The van der Waals surface area contributed by atoms with Gasteiger partial charge in [-0.2, -0.15) is 30.6 Å². The van der Waals surface area contributed by atoms with Crippen molar-refractivity contribution in [2.75, 3.05) is 32.6 Å². The zero-order chi connectivity index (χ0) is 26.9. The van der Waals surface area contributed by atoms with E-state index in [1.54, 1.807) is 0 Å². The van der Waals surface area contributed by atoms with Gasteiger partial charge in [-0.05, 0) is 43.2 Å². The largest absolute Gasteiger partial charge is 0.493 e. The highest BCUT2D eigenvalue weighted by Crippen LogP contribution is 2.38. The molecule has 1 aliphatic rings. The van der Waals surface area contributed by atoms with Crippen molar-refractivity contribution >= 4 is 21.6 Å². The Kier molecular flexibility index (Phi) is 7.79. The number of sulfonamides is 1. The number of rotatable bonds is 6. The van der Waals surface area contributed by atoms with Crippen molar-refractivity contribution in [2.24, 2.45) is 5.92 Å².